The van der Waals surface area contributed by atoms with Crippen molar-refractivity contribution >= 4 is 23.7 Å². The fourth-order valence-corrected chi connectivity index (χ4v) is 2.88. The Morgan fingerprint density at radius 3 is 2.36 bits per heavy atom. The third-order valence-electron chi connectivity index (χ3n) is 4.28. The van der Waals surface area contributed by atoms with E-state index in [1.807, 2.05) is 0 Å². The largest absolute Gasteiger partial charge is 0.496 e. The van der Waals surface area contributed by atoms with Crippen LogP contribution in [0.3, 0.4) is 0 Å². The number of ether oxygens (including phenoxy) is 2. The standard InChI is InChI=1S/C17H22N2O6/c1-24-14-9-12(7-8-13(14)16(22)25-2)19-17(23)18-11-5-3-10(4-6-11)15(20)21/h7-11H,3-6H2,1-2H3,(H,20,21)(H2,18,19,23). The number of esters is 1. The zero-order valence-corrected chi connectivity index (χ0v) is 14.2. The molecule has 0 aliphatic heterocycles. The molecule has 0 aromatic heterocycles. The van der Waals surface area contributed by atoms with Crippen LogP contribution >= 0.6 is 0 Å². The Labute approximate surface area is 145 Å². The van der Waals surface area contributed by atoms with Crippen molar-refractivity contribution in [3.63, 3.8) is 0 Å². The lowest BCUT2D eigenvalue weighted by Gasteiger charge is -2.26. The van der Waals surface area contributed by atoms with Crippen LogP contribution in [0.15, 0.2) is 18.2 Å². The summed E-state index contributed by atoms with van der Waals surface area (Å²) in [7, 11) is 2.70. The van der Waals surface area contributed by atoms with E-state index >= 15 is 0 Å². The number of anilines is 1. The molecule has 25 heavy (non-hydrogen) atoms. The highest BCUT2D eigenvalue weighted by Gasteiger charge is 2.26. The van der Waals surface area contributed by atoms with E-state index in [0.29, 0.717) is 37.1 Å². The third kappa shape index (κ3) is 4.85. The lowest BCUT2D eigenvalue weighted by molar-refractivity contribution is -0.142. The molecule has 0 unspecified atom stereocenters. The number of hydrogen-bond donors (Lipinski definition) is 3. The average molecular weight is 350 g/mol. The van der Waals surface area contributed by atoms with Crippen molar-refractivity contribution in [3.8, 4) is 5.75 Å². The first-order valence-electron chi connectivity index (χ1n) is 8.01. The molecule has 1 aliphatic rings. The molecule has 0 spiro atoms. The Morgan fingerprint density at radius 1 is 1.12 bits per heavy atom. The number of aliphatic carboxylic acids is 1. The maximum atomic E-state index is 12.1. The second-order valence-corrected chi connectivity index (χ2v) is 5.89. The second kappa shape index (κ2) is 8.36. The molecule has 1 aliphatic carbocycles. The van der Waals surface area contributed by atoms with E-state index < -0.39 is 11.9 Å². The Balaban J connectivity index is 1.92. The summed E-state index contributed by atoms with van der Waals surface area (Å²) >= 11 is 0. The zero-order valence-electron chi connectivity index (χ0n) is 14.2. The molecule has 0 saturated heterocycles. The van der Waals surface area contributed by atoms with Crippen LogP contribution in [0.2, 0.25) is 0 Å². The molecular weight excluding hydrogens is 328 g/mol. The van der Waals surface area contributed by atoms with Crippen molar-refractivity contribution in [2.75, 3.05) is 19.5 Å². The molecule has 0 atom stereocenters. The minimum Gasteiger partial charge on any atom is -0.496 e. The molecule has 136 valence electrons. The van der Waals surface area contributed by atoms with E-state index in [2.05, 4.69) is 15.4 Å². The predicted octanol–water partition coefficient (Wildman–Crippen LogP) is 2.25. The summed E-state index contributed by atoms with van der Waals surface area (Å²) in [5.41, 5.74) is 0.740. The van der Waals surface area contributed by atoms with Gasteiger partial charge < -0.3 is 25.2 Å². The molecule has 0 heterocycles. The van der Waals surface area contributed by atoms with Gasteiger partial charge in [0.05, 0.1) is 20.1 Å². The van der Waals surface area contributed by atoms with E-state index in [-0.39, 0.29) is 23.6 Å². The van der Waals surface area contributed by atoms with Crippen LogP contribution in [0.4, 0.5) is 10.5 Å². The lowest BCUT2D eigenvalue weighted by Crippen LogP contribution is -2.41. The summed E-state index contributed by atoms with van der Waals surface area (Å²) in [6, 6.07) is 4.19. The van der Waals surface area contributed by atoms with Gasteiger partial charge in [-0.1, -0.05) is 0 Å². The van der Waals surface area contributed by atoms with E-state index in [1.165, 1.54) is 26.4 Å². The Morgan fingerprint density at radius 2 is 1.80 bits per heavy atom. The molecule has 3 N–H and O–H groups in total. The van der Waals surface area contributed by atoms with Crippen molar-refractivity contribution in [2.24, 2.45) is 5.92 Å². The van der Waals surface area contributed by atoms with Gasteiger partial charge in [0.1, 0.15) is 11.3 Å². The number of rotatable bonds is 5. The molecule has 8 heteroatoms. The number of nitrogens with one attached hydrogen (secondary N) is 2. The number of benzene rings is 1. The van der Waals surface area contributed by atoms with Gasteiger partial charge in [-0.15, -0.1) is 0 Å². The summed E-state index contributed by atoms with van der Waals surface area (Å²) in [6.45, 7) is 0. The van der Waals surface area contributed by atoms with Crippen molar-refractivity contribution in [1.29, 1.82) is 0 Å². The summed E-state index contributed by atoms with van der Waals surface area (Å²) < 4.78 is 9.81. The number of carboxylic acids is 1. The Hall–Kier alpha value is -2.77. The van der Waals surface area contributed by atoms with Crippen LogP contribution in [0.5, 0.6) is 5.75 Å². The molecule has 2 amide bonds. The number of methoxy groups -OCH3 is 2. The molecule has 0 radical (unpaired) electrons. The van der Waals surface area contributed by atoms with Gasteiger partial charge in [0.15, 0.2) is 0 Å². The molecule has 1 aromatic carbocycles. The van der Waals surface area contributed by atoms with E-state index in [4.69, 9.17) is 9.84 Å². The SMILES string of the molecule is COC(=O)c1ccc(NC(=O)NC2CCC(C(=O)O)CC2)cc1OC. The van der Waals surface area contributed by atoms with Gasteiger partial charge in [-0.25, -0.2) is 9.59 Å². The smallest absolute Gasteiger partial charge is 0.341 e. The first kappa shape index (κ1) is 18.6. The van der Waals surface area contributed by atoms with E-state index in [9.17, 15) is 14.4 Å². The topological polar surface area (TPSA) is 114 Å². The molecular formula is C17H22N2O6. The second-order valence-electron chi connectivity index (χ2n) is 5.89. The normalized spacial score (nSPS) is 19.6. The fourth-order valence-electron chi connectivity index (χ4n) is 2.88. The average Bonchev–Trinajstić information content (AvgIpc) is 2.61. The van der Waals surface area contributed by atoms with Crippen molar-refractivity contribution in [3.05, 3.63) is 23.8 Å². The minimum atomic E-state index is -0.777. The molecule has 8 nitrogen and oxygen atoms in total. The van der Waals surface area contributed by atoms with Crippen LogP contribution in [0.25, 0.3) is 0 Å². The highest BCUT2D eigenvalue weighted by molar-refractivity contribution is 5.95. The van der Waals surface area contributed by atoms with Crippen LogP contribution in [0, 0.1) is 5.92 Å². The summed E-state index contributed by atoms with van der Waals surface area (Å²) in [4.78, 5) is 34.7. The minimum absolute atomic E-state index is 0.0492. The number of carbonyl (C=O) groups is 3. The molecule has 1 fully saturated rings. The Kier molecular flexibility index (Phi) is 6.21. The molecule has 1 saturated carbocycles. The highest BCUT2D eigenvalue weighted by atomic mass is 16.5. The van der Waals surface area contributed by atoms with Crippen molar-refractivity contribution in [2.45, 2.75) is 31.7 Å². The van der Waals surface area contributed by atoms with Gasteiger partial charge in [0.2, 0.25) is 0 Å². The molecule has 1 aromatic rings. The number of hydrogen-bond acceptors (Lipinski definition) is 5. The van der Waals surface area contributed by atoms with Crippen molar-refractivity contribution in [1.82, 2.24) is 5.32 Å². The quantitative estimate of drug-likeness (QED) is 0.702. The number of amides is 2. The third-order valence-corrected chi connectivity index (χ3v) is 4.28. The maximum Gasteiger partial charge on any atom is 0.341 e. The van der Waals surface area contributed by atoms with Crippen LogP contribution in [-0.4, -0.2) is 43.3 Å². The predicted molar refractivity (Wildman–Crippen MR) is 89.9 cm³/mol. The van der Waals surface area contributed by atoms with Crippen molar-refractivity contribution < 1.29 is 29.0 Å². The van der Waals surface area contributed by atoms with E-state index in [0.717, 1.165) is 0 Å². The molecule has 2 rings (SSSR count). The zero-order chi connectivity index (χ0) is 18.4. The van der Waals surface area contributed by atoms with Crippen LogP contribution in [-0.2, 0) is 9.53 Å². The maximum absolute atomic E-state index is 12.1. The van der Waals surface area contributed by atoms with Gasteiger partial charge in [-0.05, 0) is 37.8 Å². The monoisotopic (exact) mass is 350 g/mol. The van der Waals surface area contributed by atoms with Gasteiger partial charge in [-0.2, -0.15) is 0 Å². The van der Waals surface area contributed by atoms with Gasteiger partial charge in [-0.3, -0.25) is 4.79 Å². The fraction of sp³-hybridized carbons (Fsp3) is 0.471. The lowest BCUT2D eigenvalue weighted by atomic mass is 9.86. The number of urea groups is 1. The van der Waals surface area contributed by atoms with Gasteiger partial charge in [0.25, 0.3) is 0 Å². The first-order valence-corrected chi connectivity index (χ1v) is 8.01. The van der Waals surface area contributed by atoms with Gasteiger partial charge in [0, 0.05) is 17.8 Å². The summed E-state index contributed by atoms with van der Waals surface area (Å²) in [5, 5.41) is 14.5. The molecule has 0 bridgehead atoms. The van der Waals surface area contributed by atoms with Crippen LogP contribution in [0.1, 0.15) is 36.0 Å². The van der Waals surface area contributed by atoms with Crippen LogP contribution < -0.4 is 15.4 Å². The Bertz CT molecular complexity index is 653. The number of carboxylic acid groups (broad SMARTS) is 1. The van der Waals surface area contributed by atoms with E-state index in [1.54, 1.807) is 6.07 Å². The number of carbonyl (C=O) groups excluding carboxylic acids is 2. The summed E-state index contributed by atoms with van der Waals surface area (Å²) in [5.74, 6) is -1.33. The van der Waals surface area contributed by atoms with Gasteiger partial charge >= 0.3 is 18.0 Å². The first-order chi connectivity index (χ1) is 11.9. The highest BCUT2D eigenvalue weighted by Crippen LogP contribution is 2.25. The summed E-state index contributed by atoms with van der Waals surface area (Å²) in [6.07, 6.45) is 2.38.